The molecule has 0 bridgehead atoms. The minimum atomic E-state index is 0.216. The van der Waals surface area contributed by atoms with E-state index in [9.17, 15) is 4.79 Å². The van der Waals surface area contributed by atoms with Crippen molar-refractivity contribution in [1.29, 1.82) is 0 Å². The standard InChI is InChI=1S/C7H13NO.C7H9N/c1-5(2)6-3-4-7(9)8-6;1-2-7-3-5-8-6-4-7/h5-6H,3-4H2,1-2H3,(H,8,9);3-6H,2H2,1H3. The fraction of sp³-hybridized carbons (Fsp3) is 0.571. The molecule has 1 unspecified atom stereocenters. The van der Waals surface area contributed by atoms with Crippen LogP contribution in [0.1, 0.15) is 39.2 Å². The molecule has 0 radical (unpaired) electrons. The number of aryl methyl sites for hydroxylation is 1. The van der Waals surface area contributed by atoms with Gasteiger partial charge in [-0.15, -0.1) is 0 Å². The van der Waals surface area contributed by atoms with Gasteiger partial charge in [-0.3, -0.25) is 9.78 Å². The van der Waals surface area contributed by atoms with Gasteiger partial charge in [-0.1, -0.05) is 20.8 Å². The largest absolute Gasteiger partial charge is 0.353 e. The lowest BCUT2D eigenvalue weighted by Crippen LogP contribution is -2.29. The van der Waals surface area contributed by atoms with E-state index >= 15 is 0 Å². The summed E-state index contributed by atoms with van der Waals surface area (Å²) in [5.41, 5.74) is 1.35. The molecule has 1 amide bonds. The Morgan fingerprint density at radius 2 is 2.06 bits per heavy atom. The van der Waals surface area contributed by atoms with E-state index in [0.29, 0.717) is 12.0 Å². The van der Waals surface area contributed by atoms with Crippen LogP contribution >= 0.6 is 0 Å². The van der Waals surface area contributed by atoms with Gasteiger partial charge < -0.3 is 5.32 Å². The Hall–Kier alpha value is -1.38. The fourth-order valence-corrected chi connectivity index (χ4v) is 1.76. The summed E-state index contributed by atoms with van der Waals surface area (Å²) >= 11 is 0. The van der Waals surface area contributed by atoms with E-state index in [2.05, 4.69) is 31.1 Å². The number of aromatic nitrogens is 1. The van der Waals surface area contributed by atoms with Crippen molar-refractivity contribution in [2.45, 2.75) is 46.1 Å². The molecule has 1 aromatic heterocycles. The maximum absolute atomic E-state index is 10.6. The summed E-state index contributed by atoms with van der Waals surface area (Å²) in [4.78, 5) is 14.5. The zero-order valence-electron chi connectivity index (χ0n) is 10.9. The molecule has 2 rings (SSSR count). The van der Waals surface area contributed by atoms with Crippen molar-refractivity contribution in [3.05, 3.63) is 30.1 Å². The minimum Gasteiger partial charge on any atom is -0.353 e. The summed E-state index contributed by atoms with van der Waals surface area (Å²) < 4.78 is 0. The number of hydrogen-bond donors (Lipinski definition) is 1. The van der Waals surface area contributed by atoms with E-state index in [1.807, 2.05) is 24.5 Å². The Morgan fingerprint density at radius 3 is 2.35 bits per heavy atom. The van der Waals surface area contributed by atoms with Crippen molar-refractivity contribution in [1.82, 2.24) is 10.3 Å². The molecule has 0 spiro atoms. The van der Waals surface area contributed by atoms with E-state index in [0.717, 1.165) is 19.3 Å². The molecular formula is C14H22N2O. The van der Waals surface area contributed by atoms with Crippen molar-refractivity contribution in [2.24, 2.45) is 5.92 Å². The van der Waals surface area contributed by atoms with Crippen molar-refractivity contribution in [3.63, 3.8) is 0 Å². The van der Waals surface area contributed by atoms with Gasteiger partial charge in [-0.2, -0.15) is 0 Å². The number of nitrogens with zero attached hydrogens (tertiary/aromatic N) is 1. The molecule has 1 aliphatic heterocycles. The summed E-state index contributed by atoms with van der Waals surface area (Å²) in [6.07, 6.45) is 6.49. The third-order valence-electron chi connectivity index (χ3n) is 2.99. The van der Waals surface area contributed by atoms with Crippen molar-refractivity contribution < 1.29 is 4.79 Å². The highest BCUT2D eigenvalue weighted by Gasteiger charge is 2.22. The van der Waals surface area contributed by atoms with Crippen molar-refractivity contribution in [2.75, 3.05) is 0 Å². The van der Waals surface area contributed by atoms with Crippen LogP contribution in [0.15, 0.2) is 24.5 Å². The number of pyridine rings is 1. The molecule has 3 nitrogen and oxygen atoms in total. The molecule has 1 N–H and O–H groups in total. The summed E-state index contributed by atoms with van der Waals surface area (Å²) in [7, 11) is 0. The first-order chi connectivity index (χ1) is 8.13. The Labute approximate surface area is 104 Å². The molecule has 1 aromatic rings. The lowest BCUT2D eigenvalue weighted by atomic mass is 10.0. The highest BCUT2D eigenvalue weighted by atomic mass is 16.1. The van der Waals surface area contributed by atoms with E-state index in [-0.39, 0.29) is 5.91 Å². The van der Waals surface area contributed by atoms with Gasteiger partial charge in [-0.25, -0.2) is 0 Å². The van der Waals surface area contributed by atoms with E-state index in [1.165, 1.54) is 5.56 Å². The Balaban J connectivity index is 0.000000171. The monoisotopic (exact) mass is 234 g/mol. The first kappa shape index (κ1) is 13.7. The van der Waals surface area contributed by atoms with Gasteiger partial charge >= 0.3 is 0 Å². The average molecular weight is 234 g/mol. The molecule has 17 heavy (non-hydrogen) atoms. The number of nitrogens with one attached hydrogen (secondary N) is 1. The van der Waals surface area contributed by atoms with Gasteiger partial charge in [0.2, 0.25) is 5.91 Å². The predicted molar refractivity (Wildman–Crippen MR) is 69.6 cm³/mol. The van der Waals surface area contributed by atoms with Crippen LogP contribution in [0.2, 0.25) is 0 Å². The first-order valence-electron chi connectivity index (χ1n) is 6.31. The topological polar surface area (TPSA) is 42.0 Å². The molecule has 3 heteroatoms. The SMILES string of the molecule is CC(C)C1CCC(=O)N1.CCc1ccncc1. The van der Waals surface area contributed by atoms with E-state index in [1.54, 1.807) is 0 Å². The maximum atomic E-state index is 10.6. The summed E-state index contributed by atoms with van der Waals surface area (Å²) in [6.45, 7) is 6.40. The van der Waals surface area contributed by atoms with Crippen LogP contribution in [0, 0.1) is 5.92 Å². The molecular weight excluding hydrogens is 212 g/mol. The molecule has 1 fully saturated rings. The minimum absolute atomic E-state index is 0.216. The third kappa shape index (κ3) is 4.98. The predicted octanol–water partition coefficient (Wildman–Crippen LogP) is 2.57. The quantitative estimate of drug-likeness (QED) is 0.854. The van der Waals surface area contributed by atoms with Gasteiger partial charge in [0.15, 0.2) is 0 Å². The molecule has 94 valence electrons. The van der Waals surface area contributed by atoms with Crippen molar-refractivity contribution >= 4 is 5.91 Å². The number of carbonyl (C=O) groups is 1. The lowest BCUT2D eigenvalue weighted by molar-refractivity contribution is -0.119. The summed E-state index contributed by atoms with van der Waals surface area (Å²) in [5, 5.41) is 2.91. The van der Waals surface area contributed by atoms with Crippen LogP contribution in [0.5, 0.6) is 0 Å². The highest BCUT2D eigenvalue weighted by Crippen LogP contribution is 2.13. The Kier molecular flexibility index (Phi) is 5.67. The number of hydrogen-bond acceptors (Lipinski definition) is 2. The van der Waals surface area contributed by atoms with Gasteiger partial charge in [0.25, 0.3) is 0 Å². The smallest absolute Gasteiger partial charge is 0.220 e. The molecule has 1 atom stereocenters. The van der Waals surface area contributed by atoms with Gasteiger partial charge in [0, 0.05) is 24.9 Å². The molecule has 0 aliphatic carbocycles. The van der Waals surface area contributed by atoms with Crippen LogP contribution in [0.25, 0.3) is 0 Å². The second-order valence-electron chi connectivity index (χ2n) is 4.67. The fourth-order valence-electron chi connectivity index (χ4n) is 1.76. The van der Waals surface area contributed by atoms with Gasteiger partial charge in [-0.05, 0) is 36.5 Å². The lowest BCUT2D eigenvalue weighted by Gasteiger charge is -2.12. The average Bonchev–Trinajstić information content (AvgIpc) is 2.78. The molecule has 1 aliphatic rings. The number of amides is 1. The Morgan fingerprint density at radius 1 is 1.41 bits per heavy atom. The van der Waals surface area contributed by atoms with Crippen molar-refractivity contribution in [3.8, 4) is 0 Å². The second-order valence-corrected chi connectivity index (χ2v) is 4.67. The second kappa shape index (κ2) is 7.05. The van der Waals surface area contributed by atoms with Crippen LogP contribution in [0.3, 0.4) is 0 Å². The van der Waals surface area contributed by atoms with Crippen LogP contribution in [0.4, 0.5) is 0 Å². The number of carbonyl (C=O) groups excluding carboxylic acids is 1. The van der Waals surface area contributed by atoms with E-state index < -0.39 is 0 Å². The van der Waals surface area contributed by atoms with Gasteiger partial charge in [0.1, 0.15) is 0 Å². The summed E-state index contributed by atoms with van der Waals surface area (Å²) in [5.74, 6) is 0.810. The highest BCUT2D eigenvalue weighted by molar-refractivity contribution is 5.78. The van der Waals surface area contributed by atoms with Gasteiger partial charge in [0.05, 0.1) is 0 Å². The Bertz CT molecular complexity index is 335. The molecule has 0 saturated carbocycles. The normalized spacial score (nSPS) is 18.6. The molecule has 1 saturated heterocycles. The maximum Gasteiger partial charge on any atom is 0.220 e. The van der Waals surface area contributed by atoms with Crippen LogP contribution < -0.4 is 5.32 Å². The molecule has 0 aromatic carbocycles. The van der Waals surface area contributed by atoms with E-state index in [4.69, 9.17) is 0 Å². The van der Waals surface area contributed by atoms with Crippen LogP contribution in [-0.4, -0.2) is 16.9 Å². The zero-order chi connectivity index (χ0) is 12.7. The first-order valence-corrected chi connectivity index (χ1v) is 6.31. The third-order valence-corrected chi connectivity index (χ3v) is 2.99. The summed E-state index contributed by atoms with van der Waals surface area (Å²) in [6, 6.07) is 4.50. The zero-order valence-corrected chi connectivity index (χ0v) is 10.9. The van der Waals surface area contributed by atoms with Crippen LogP contribution in [-0.2, 0) is 11.2 Å². The molecule has 2 heterocycles. The number of rotatable bonds is 2.